The lowest BCUT2D eigenvalue weighted by Gasteiger charge is -2.17. The molecule has 0 aliphatic rings. The van der Waals surface area contributed by atoms with Gasteiger partial charge in [0, 0.05) is 25.0 Å². The van der Waals surface area contributed by atoms with E-state index in [-0.39, 0.29) is 5.56 Å². The first-order chi connectivity index (χ1) is 12.0. The molecule has 0 radical (unpaired) electrons. The Morgan fingerprint density at radius 3 is 2.64 bits per heavy atom. The fourth-order valence-electron chi connectivity index (χ4n) is 2.41. The molecule has 3 aromatic rings. The molecule has 25 heavy (non-hydrogen) atoms. The van der Waals surface area contributed by atoms with Crippen LogP contribution in [-0.4, -0.2) is 38.2 Å². The standard InChI is InChI=1S/C17H17N5O3/c1-10-13(11(2)25-21-10)9-22(3)17-19-7-5-14(20-17)15-8-12(16(23)24)4-6-18-15/h4-8H,9H2,1-3H3,(H,23,24). The van der Waals surface area contributed by atoms with E-state index in [9.17, 15) is 4.79 Å². The molecule has 0 fully saturated rings. The number of aromatic carboxylic acids is 1. The van der Waals surface area contributed by atoms with Crippen molar-refractivity contribution in [3.8, 4) is 11.4 Å². The van der Waals surface area contributed by atoms with Crippen molar-refractivity contribution in [1.29, 1.82) is 0 Å². The molecule has 1 N–H and O–H groups in total. The molecule has 0 bridgehead atoms. The largest absolute Gasteiger partial charge is 0.478 e. The summed E-state index contributed by atoms with van der Waals surface area (Å²) < 4.78 is 5.18. The molecule has 0 saturated carbocycles. The fraction of sp³-hybridized carbons (Fsp3) is 0.235. The first-order valence-corrected chi connectivity index (χ1v) is 7.61. The first-order valence-electron chi connectivity index (χ1n) is 7.61. The predicted molar refractivity (Wildman–Crippen MR) is 90.3 cm³/mol. The average Bonchev–Trinajstić information content (AvgIpc) is 2.94. The Kier molecular flexibility index (Phi) is 4.42. The monoisotopic (exact) mass is 339 g/mol. The summed E-state index contributed by atoms with van der Waals surface area (Å²) in [4.78, 5) is 26.0. The second-order valence-electron chi connectivity index (χ2n) is 5.64. The van der Waals surface area contributed by atoms with Gasteiger partial charge in [-0.15, -0.1) is 0 Å². The molecule has 0 spiro atoms. The predicted octanol–water partition coefficient (Wildman–Crippen LogP) is 2.48. The van der Waals surface area contributed by atoms with Crippen LogP contribution in [0.2, 0.25) is 0 Å². The van der Waals surface area contributed by atoms with Crippen LogP contribution in [0, 0.1) is 13.8 Å². The Morgan fingerprint density at radius 2 is 1.96 bits per heavy atom. The summed E-state index contributed by atoms with van der Waals surface area (Å²) in [7, 11) is 1.87. The van der Waals surface area contributed by atoms with Gasteiger partial charge in [-0.25, -0.2) is 14.8 Å². The van der Waals surface area contributed by atoms with Gasteiger partial charge in [0.1, 0.15) is 5.76 Å². The summed E-state index contributed by atoms with van der Waals surface area (Å²) in [5.74, 6) is 0.254. The number of carboxylic acid groups (broad SMARTS) is 1. The lowest BCUT2D eigenvalue weighted by Crippen LogP contribution is -2.20. The van der Waals surface area contributed by atoms with E-state index in [1.807, 2.05) is 25.8 Å². The molecule has 0 amide bonds. The number of hydrogen-bond acceptors (Lipinski definition) is 7. The van der Waals surface area contributed by atoms with E-state index in [0.717, 1.165) is 17.0 Å². The van der Waals surface area contributed by atoms with Crippen molar-refractivity contribution in [2.45, 2.75) is 20.4 Å². The molecular formula is C17H17N5O3. The van der Waals surface area contributed by atoms with Gasteiger partial charge in [-0.1, -0.05) is 5.16 Å². The maximum Gasteiger partial charge on any atom is 0.335 e. The minimum Gasteiger partial charge on any atom is -0.478 e. The van der Waals surface area contributed by atoms with Crippen molar-refractivity contribution in [1.82, 2.24) is 20.1 Å². The van der Waals surface area contributed by atoms with Gasteiger partial charge in [0.25, 0.3) is 0 Å². The SMILES string of the molecule is Cc1noc(C)c1CN(C)c1nccc(-c2cc(C(=O)O)ccn2)n1. The first kappa shape index (κ1) is 16.6. The molecule has 8 heteroatoms. The van der Waals surface area contributed by atoms with Gasteiger partial charge in [-0.2, -0.15) is 0 Å². The number of anilines is 1. The molecule has 3 rings (SSSR count). The molecular weight excluding hydrogens is 322 g/mol. The number of rotatable bonds is 5. The molecule has 0 aliphatic carbocycles. The number of pyridine rings is 1. The zero-order valence-electron chi connectivity index (χ0n) is 14.1. The third-order valence-electron chi connectivity index (χ3n) is 3.83. The summed E-state index contributed by atoms with van der Waals surface area (Å²) in [6, 6.07) is 4.63. The highest BCUT2D eigenvalue weighted by Gasteiger charge is 2.14. The number of carboxylic acids is 1. The maximum atomic E-state index is 11.1. The number of hydrogen-bond donors (Lipinski definition) is 1. The normalized spacial score (nSPS) is 10.7. The van der Waals surface area contributed by atoms with Crippen LogP contribution in [0.4, 0.5) is 5.95 Å². The van der Waals surface area contributed by atoms with E-state index >= 15 is 0 Å². The van der Waals surface area contributed by atoms with Crippen molar-refractivity contribution < 1.29 is 14.4 Å². The summed E-state index contributed by atoms with van der Waals surface area (Å²) >= 11 is 0. The van der Waals surface area contributed by atoms with Gasteiger partial charge in [0.05, 0.1) is 29.2 Å². The highest BCUT2D eigenvalue weighted by molar-refractivity contribution is 5.88. The lowest BCUT2D eigenvalue weighted by atomic mass is 10.2. The van der Waals surface area contributed by atoms with Crippen LogP contribution in [0.1, 0.15) is 27.4 Å². The quantitative estimate of drug-likeness (QED) is 0.756. The van der Waals surface area contributed by atoms with E-state index in [0.29, 0.717) is 23.9 Å². The Hall–Kier alpha value is -3.29. The third kappa shape index (κ3) is 3.47. The Labute approximate surface area is 144 Å². The smallest absolute Gasteiger partial charge is 0.335 e. The van der Waals surface area contributed by atoms with Crippen LogP contribution in [0.5, 0.6) is 0 Å². The summed E-state index contributed by atoms with van der Waals surface area (Å²) in [6.45, 7) is 4.30. The lowest BCUT2D eigenvalue weighted by molar-refractivity contribution is 0.0697. The van der Waals surface area contributed by atoms with Crippen LogP contribution < -0.4 is 4.90 Å². The van der Waals surface area contributed by atoms with Crippen LogP contribution >= 0.6 is 0 Å². The van der Waals surface area contributed by atoms with Gasteiger partial charge in [0.15, 0.2) is 0 Å². The number of carbonyl (C=O) groups is 1. The number of aromatic nitrogens is 4. The van der Waals surface area contributed by atoms with E-state index in [2.05, 4.69) is 20.1 Å². The van der Waals surface area contributed by atoms with Crippen molar-refractivity contribution >= 4 is 11.9 Å². The maximum absolute atomic E-state index is 11.1. The van der Waals surface area contributed by atoms with Crippen molar-refractivity contribution in [3.63, 3.8) is 0 Å². The van der Waals surface area contributed by atoms with E-state index < -0.39 is 5.97 Å². The molecule has 0 unspecified atom stereocenters. The fourth-order valence-corrected chi connectivity index (χ4v) is 2.41. The summed E-state index contributed by atoms with van der Waals surface area (Å²) in [5.41, 5.74) is 3.01. The molecule has 0 atom stereocenters. The van der Waals surface area contributed by atoms with Crippen molar-refractivity contribution in [2.24, 2.45) is 0 Å². The van der Waals surface area contributed by atoms with Gasteiger partial charge in [0.2, 0.25) is 5.95 Å². The number of aryl methyl sites for hydroxylation is 2. The molecule has 8 nitrogen and oxygen atoms in total. The third-order valence-corrected chi connectivity index (χ3v) is 3.83. The highest BCUT2D eigenvalue weighted by Crippen LogP contribution is 2.20. The minimum absolute atomic E-state index is 0.161. The van der Waals surface area contributed by atoms with E-state index in [1.165, 1.54) is 18.3 Å². The van der Waals surface area contributed by atoms with E-state index in [1.54, 1.807) is 12.3 Å². The summed E-state index contributed by atoms with van der Waals surface area (Å²) in [6.07, 6.45) is 3.07. The van der Waals surface area contributed by atoms with Crippen LogP contribution in [0.15, 0.2) is 35.1 Å². The molecule has 0 saturated heterocycles. The molecule has 128 valence electrons. The Morgan fingerprint density at radius 1 is 1.20 bits per heavy atom. The van der Waals surface area contributed by atoms with Crippen LogP contribution in [0.3, 0.4) is 0 Å². The zero-order valence-corrected chi connectivity index (χ0v) is 14.1. The van der Waals surface area contributed by atoms with Crippen molar-refractivity contribution in [3.05, 3.63) is 53.2 Å². The van der Waals surface area contributed by atoms with Gasteiger partial charge in [-0.3, -0.25) is 4.98 Å². The van der Waals surface area contributed by atoms with Crippen LogP contribution in [-0.2, 0) is 6.54 Å². The average molecular weight is 339 g/mol. The van der Waals surface area contributed by atoms with Gasteiger partial charge < -0.3 is 14.5 Å². The summed E-state index contributed by atoms with van der Waals surface area (Å²) in [5, 5.41) is 13.1. The second-order valence-corrected chi connectivity index (χ2v) is 5.64. The Balaban J connectivity index is 1.89. The van der Waals surface area contributed by atoms with E-state index in [4.69, 9.17) is 9.63 Å². The van der Waals surface area contributed by atoms with Gasteiger partial charge >= 0.3 is 5.97 Å². The number of nitrogens with zero attached hydrogens (tertiary/aromatic N) is 5. The highest BCUT2D eigenvalue weighted by atomic mass is 16.5. The molecule has 0 aliphatic heterocycles. The zero-order chi connectivity index (χ0) is 18.0. The minimum atomic E-state index is -1.01. The Bertz CT molecular complexity index is 903. The van der Waals surface area contributed by atoms with Crippen molar-refractivity contribution in [2.75, 3.05) is 11.9 Å². The topological polar surface area (TPSA) is 105 Å². The second kappa shape index (κ2) is 6.68. The molecule has 0 aromatic carbocycles. The van der Waals surface area contributed by atoms with Gasteiger partial charge in [-0.05, 0) is 32.0 Å². The molecule has 3 heterocycles. The van der Waals surface area contributed by atoms with Crippen LogP contribution in [0.25, 0.3) is 11.4 Å². The molecule has 3 aromatic heterocycles.